The lowest BCUT2D eigenvalue weighted by molar-refractivity contribution is -0.384. The third kappa shape index (κ3) is 4.58. The van der Waals surface area contributed by atoms with Crippen LogP contribution >= 0.6 is 0 Å². The first-order chi connectivity index (χ1) is 11.2. The molecule has 0 radical (unpaired) electrons. The fourth-order valence-corrected chi connectivity index (χ4v) is 3.33. The first-order valence-corrected chi connectivity index (χ1v) is 8.21. The predicted octanol–water partition coefficient (Wildman–Crippen LogP) is 2.27. The molecule has 1 aromatic carbocycles. The molecular formula is C17H27N3O4. The molecule has 2 rings (SSSR count). The van der Waals surface area contributed by atoms with Gasteiger partial charge in [-0.25, -0.2) is 0 Å². The smallest absolute Gasteiger partial charge is 0.273 e. The van der Waals surface area contributed by atoms with E-state index in [9.17, 15) is 15.2 Å². The van der Waals surface area contributed by atoms with E-state index in [1.807, 2.05) is 20.9 Å². The van der Waals surface area contributed by atoms with Crippen molar-refractivity contribution < 1.29 is 14.8 Å². The number of ether oxygens (including phenoxy) is 1. The minimum Gasteiger partial charge on any atom is -0.494 e. The SMILES string of the molecule is COc1cc([N+](=O)[O-])ccc1N1CCC(N(C)CC(C)(C)O)CC1. The van der Waals surface area contributed by atoms with Crippen molar-refractivity contribution in [2.75, 3.05) is 38.7 Å². The Morgan fingerprint density at radius 3 is 2.54 bits per heavy atom. The molecular weight excluding hydrogens is 310 g/mol. The summed E-state index contributed by atoms with van der Waals surface area (Å²) in [6.45, 7) is 5.99. The molecule has 1 aliphatic rings. The first kappa shape index (κ1) is 18.5. The maximum Gasteiger partial charge on any atom is 0.273 e. The number of nitro groups is 1. The molecule has 1 aliphatic heterocycles. The van der Waals surface area contributed by atoms with Gasteiger partial charge in [0.1, 0.15) is 5.75 Å². The minimum absolute atomic E-state index is 0.0374. The molecule has 0 aromatic heterocycles. The lowest BCUT2D eigenvalue weighted by Gasteiger charge is -2.39. The number of anilines is 1. The Bertz CT molecular complexity index is 578. The molecule has 0 saturated carbocycles. The Morgan fingerprint density at radius 2 is 2.04 bits per heavy atom. The van der Waals surface area contributed by atoms with Crippen LogP contribution < -0.4 is 9.64 Å². The number of nitro benzene ring substituents is 1. The summed E-state index contributed by atoms with van der Waals surface area (Å²) in [6.07, 6.45) is 1.96. The summed E-state index contributed by atoms with van der Waals surface area (Å²) in [7, 11) is 3.58. The summed E-state index contributed by atoms with van der Waals surface area (Å²) in [5, 5.41) is 20.9. The zero-order valence-corrected chi connectivity index (χ0v) is 14.9. The lowest BCUT2D eigenvalue weighted by atomic mass is 10.0. The van der Waals surface area contributed by atoms with E-state index in [4.69, 9.17) is 4.74 Å². The number of aliphatic hydroxyl groups is 1. The Balaban J connectivity index is 2.03. The quantitative estimate of drug-likeness (QED) is 0.634. The molecule has 1 aromatic rings. The van der Waals surface area contributed by atoms with E-state index < -0.39 is 10.5 Å². The van der Waals surface area contributed by atoms with Crippen molar-refractivity contribution >= 4 is 11.4 Å². The Kier molecular flexibility index (Phi) is 5.66. The molecule has 0 amide bonds. The van der Waals surface area contributed by atoms with E-state index in [-0.39, 0.29) is 5.69 Å². The van der Waals surface area contributed by atoms with E-state index in [1.54, 1.807) is 6.07 Å². The van der Waals surface area contributed by atoms with Gasteiger partial charge in [-0.3, -0.25) is 10.1 Å². The van der Waals surface area contributed by atoms with Gasteiger partial charge in [-0.05, 0) is 39.8 Å². The minimum atomic E-state index is -0.701. The number of non-ortho nitro benzene ring substituents is 1. The molecule has 1 fully saturated rings. The fraction of sp³-hybridized carbons (Fsp3) is 0.647. The number of hydrogen-bond acceptors (Lipinski definition) is 6. The Hall–Kier alpha value is -1.86. The van der Waals surface area contributed by atoms with Gasteiger partial charge in [-0.2, -0.15) is 0 Å². The average molecular weight is 337 g/mol. The van der Waals surface area contributed by atoms with Gasteiger partial charge in [0.2, 0.25) is 0 Å². The first-order valence-electron chi connectivity index (χ1n) is 8.21. The number of hydrogen-bond donors (Lipinski definition) is 1. The van der Waals surface area contributed by atoms with E-state index in [1.165, 1.54) is 19.2 Å². The highest BCUT2D eigenvalue weighted by atomic mass is 16.6. The molecule has 7 heteroatoms. The maximum absolute atomic E-state index is 10.9. The molecule has 0 aliphatic carbocycles. The summed E-state index contributed by atoms with van der Waals surface area (Å²) >= 11 is 0. The van der Waals surface area contributed by atoms with E-state index in [2.05, 4.69) is 9.80 Å². The summed E-state index contributed by atoms with van der Waals surface area (Å²) in [4.78, 5) is 14.9. The van der Waals surface area contributed by atoms with Crippen LogP contribution in [0.5, 0.6) is 5.75 Å². The van der Waals surface area contributed by atoms with Crippen molar-refractivity contribution in [1.82, 2.24) is 4.90 Å². The number of likely N-dealkylation sites (N-methyl/N-ethyl adjacent to an activating group) is 1. The average Bonchev–Trinajstić information content (AvgIpc) is 2.52. The van der Waals surface area contributed by atoms with Crippen molar-refractivity contribution in [3.63, 3.8) is 0 Å². The van der Waals surface area contributed by atoms with Gasteiger partial charge in [0.05, 0.1) is 29.4 Å². The van der Waals surface area contributed by atoms with Crippen molar-refractivity contribution in [2.24, 2.45) is 0 Å². The Morgan fingerprint density at radius 1 is 1.42 bits per heavy atom. The molecule has 0 bridgehead atoms. The molecule has 0 unspecified atom stereocenters. The normalized spacial score (nSPS) is 16.5. The molecule has 7 nitrogen and oxygen atoms in total. The lowest BCUT2D eigenvalue weighted by Crippen LogP contribution is -2.47. The molecule has 1 N–H and O–H groups in total. The van der Waals surface area contributed by atoms with Crippen LogP contribution in [0.3, 0.4) is 0 Å². The summed E-state index contributed by atoms with van der Waals surface area (Å²) in [5.74, 6) is 0.535. The van der Waals surface area contributed by atoms with Gasteiger partial charge in [-0.15, -0.1) is 0 Å². The molecule has 134 valence electrons. The van der Waals surface area contributed by atoms with Crippen LogP contribution in [0, 0.1) is 10.1 Å². The molecule has 24 heavy (non-hydrogen) atoms. The highest BCUT2D eigenvalue weighted by Gasteiger charge is 2.27. The zero-order chi connectivity index (χ0) is 17.9. The second-order valence-corrected chi connectivity index (χ2v) is 7.06. The predicted molar refractivity (Wildman–Crippen MR) is 93.8 cm³/mol. The largest absolute Gasteiger partial charge is 0.494 e. The van der Waals surface area contributed by atoms with Crippen LogP contribution in [0.15, 0.2) is 18.2 Å². The standard InChI is InChI=1S/C17H27N3O4/c1-17(2,21)12-18(3)13-7-9-19(10-8-13)15-6-5-14(20(22)23)11-16(15)24-4/h5-6,11,13,21H,7-10,12H2,1-4H3. The van der Waals surface area contributed by atoms with E-state index in [0.29, 0.717) is 18.3 Å². The van der Waals surface area contributed by atoms with Gasteiger partial charge in [0.25, 0.3) is 5.69 Å². The number of rotatable bonds is 6. The summed E-state index contributed by atoms with van der Waals surface area (Å²) in [6, 6.07) is 5.18. The van der Waals surface area contributed by atoms with Gasteiger partial charge >= 0.3 is 0 Å². The van der Waals surface area contributed by atoms with Crippen LogP contribution in [-0.4, -0.2) is 60.4 Å². The Labute approximate surface area is 143 Å². The van der Waals surface area contributed by atoms with Crippen LogP contribution in [0.2, 0.25) is 0 Å². The summed E-state index contributed by atoms with van der Waals surface area (Å²) in [5.41, 5.74) is 0.232. The second kappa shape index (κ2) is 7.36. The van der Waals surface area contributed by atoms with E-state index in [0.717, 1.165) is 31.6 Å². The molecule has 1 heterocycles. The summed E-state index contributed by atoms with van der Waals surface area (Å²) < 4.78 is 5.34. The van der Waals surface area contributed by atoms with Crippen molar-refractivity contribution in [2.45, 2.75) is 38.3 Å². The monoisotopic (exact) mass is 337 g/mol. The second-order valence-electron chi connectivity index (χ2n) is 7.06. The highest BCUT2D eigenvalue weighted by molar-refractivity contribution is 5.62. The van der Waals surface area contributed by atoms with Crippen molar-refractivity contribution in [3.05, 3.63) is 28.3 Å². The van der Waals surface area contributed by atoms with Crippen molar-refractivity contribution in [3.8, 4) is 5.75 Å². The number of methoxy groups -OCH3 is 1. The third-order valence-electron chi connectivity index (χ3n) is 4.44. The van der Waals surface area contributed by atoms with Gasteiger partial charge in [0.15, 0.2) is 0 Å². The van der Waals surface area contributed by atoms with Crippen LogP contribution in [-0.2, 0) is 0 Å². The molecule has 0 atom stereocenters. The number of nitrogens with zero attached hydrogens (tertiary/aromatic N) is 3. The molecule has 1 saturated heterocycles. The fourth-order valence-electron chi connectivity index (χ4n) is 3.33. The number of benzene rings is 1. The number of piperidine rings is 1. The zero-order valence-electron chi connectivity index (χ0n) is 14.9. The van der Waals surface area contributed by atoms with Crippen molar-refractivity contribution in [1.29, 1.82) is 0 Å². The topological polar surface area (TPSA) is 79.1 Å². The van der Waals surface area contributed by atoms with Gasteiger partial charge < -0.3 is 19.6 Å². The maximum atomic E-state index is 10.9. The van der Waals surface area contributed by atoms with Crippen LogP contribution in [0.4, 0.5) is 11.4 Å². The highest BCUT2D eigenvalue weighted by Crippen LogP contribution is 2.34. The van der Waals surface area contributed by atoms with Crippen LogP contribution in [0.25, 0.3) is 0 Å². The molecule has 0 spiro atoms. The van der Waals surface area contributed by atoms with Gasteiger partial charge in [-0.1, -0.05) is 0 Å². The van der Waals surface area contributed by atoms with Gasteiger partial charge in [0, 0.05) is 31.7 Å². The third-order valence-corrected chi connectivity index (χ3v) is 4.44. The van der Waals surface area contributed by atoms with E-state index >= 15 is 0 Å². The van der Waals surface area contributed by atoms with Crippen LogP contribution in [0.1, 0.15) is 26.7 Å².